The van der Waals surface area contributed by atoms with E-state index in [2.05, 4.69) is 29.7 Å². The number of thioether (sulfide) groups is 1. The van der Waals surface area contributed by atoms with Crippen molar-refractivity contribution in [2.75, 3.05) is 25.4 Å². The fourth-order valence-electron chi connectivity index (χ4n) is 2.10. The number of hydrogen-bond acceptors (Lipinski definition) is 3. The van der Waals surface area contributed by atoms with Crippen LogP contribution in [-0.2, 0) is 4.79 Å². The minimum absolute atomic E-state index is 0.0327. The summed E-state index contributed by atoms with van der Waals surface area (Å²) in [6, 6.07) is 8.20. The van der Waals surface area contributed by atoms with Crippen molar-refractivity contribution in [3.63, 3.8) is 0 Å². The zero-order valence-electron chi connectivity index (χ0n) is 10.7. The molecule has 98 valence electrons. The Bertz CT molecular complexity index is 409. The molecule has 0 saturated heterocycles. The average Bonchev–Trinajstić information content (AvgIpc) is 2.82. The first-order chi connectivity index (χ1) is 8.83. The second kappa shape index (κ2) is 6.81. The molecule has 1 amide bonds. The van der Waals surface area contributed by atoms with Crippen LogP contribution in [0.4, 0.5) is 0 Å². The average molecular weight is 264 g/mol. The van der Waals surface area contributed by atoms with Crippen LogP contribution < -0.4 is 10.6 Å². The normalized spacial score (nSPS) is 17.5. The number of carbonyl (C=O) groups is 1. The predicted octanol–water partition coefficient (Wildman–Crippen LogP) is 1.99. The van der Waals surface area contributed by atoms with Crippen molar-refractivity contribution in [3.05, 3.63) is 29.8 Å². The predicted molar refractivity (Wildman–Crippen MR) is 76.1 cm³/mol. The van der Waals surface area contributed by atoms with Crippen LogP contribution in [-0.4, -0.2) is 31.3 Å². The molecule has 1 unspecified atom stereocenters. The Hall–Kier alpha value is -1.00. The maximum absolute atomic E-state index is 12.1. The quantitative estimate of drug-likeness (QED) is 0.772. The van der Waals surface area contributed by atoms with Crippen LogP contribution in [0.15, 0.2) is 29.2 Å². The standard InChI is InChI=1S/C14H20N2OS/c1-2-15-8-5-9-16-14(17)12-10-18-13-7-4-3-6-11(12)13/h3-4,6-7,12,15H,2,5,8-10H2,1H3,(H,16,17). The van der Waals surface area contributed by atoms with E-state index in [1.165, 1.54) is 10.5 Å². The van der Waals surface area contributed by atoms with Gasteiger partial charge in [-0.15, -0.1) is 11.8 Å². The van der Waals surface area contributed by atoms with E-state index in [4.69, 9.17) is 0 Å². The highest BCUT2D eigenvalue weighted by Crippen LogP contribution is 2.39. The number of rotatable bonds is 6. The summed E-state index contributed by atoms with van der Waals surface area (Å²) in [6.45, 7) is 4.80. The van der Waals surface area contributed by atoms with Gasteiger partial charge in [-0.25, -0.2) is 0 Å². The summed E-state index contributed by atoms with van der Waals surface area (Å²) in [4.78, 5) is 13.4. The first-order valence-corrected chi connectivity index (χ1v) is 7.51. The molecule has 1 aromatic rings. The van der Waals surface area contributed by atoms with Gasteiger partial charge >= 0.3 is 0 Å². The molecule has 2 N–H and O–H groups in total. The number of fused-ring (bicyclic) bond motifs is 1. The van der Waals surface area contributed by atoms with Crippen LogP contribution in [0.2, 0.25) is 0 Å². The van der Waals surface area contributed by atoms with Crippen molar-refractivity contribution in [1.29, 1.82) is 0 Å². The molecule has 1 aliphatic heterocycles. The summed E-state index contributed by atoms with van der Waals surface area (Å²) in [5.74, 6) is 1.08. The monoisotopic (exact) mass is 264 g/mol. The minimum atomic E-state index is 0.0327. The highest BCUT2D eigenvalue weighted by atomic mass is 32.2. The Morgan fingerprint density at radius 2 is 2.22 bits per heavy atom. The molecule has 0 fully saturated rings. The third-order valence-electron chi connectivity index (χ3n) is 3.10. The van der Waals surface area contributed by atoms with Crippen LogP contribution in [0.3, 0.4) is 0 Å². The van der Waals surface area contributed by atoms with E-state index in [0.29, 0.717) is 0 Å². The molecule has 0 radical (unpaired) electrons. The van der Waals surface area contributed by atoms with Crippen LogP contribution in [0.25, 0.3) is 0 Å². The summed E-state index contributed by atoms with van der Waals surface area (Å²) in [6.07, 6.45) is 0.987. The summed E-state index contributed by atoms with van der Waals surface area (Å²) >= 11 is 1.78. The van der Waals surface area contributed by atoms with Crippen molar-refractivity contribution in [1.82, 2.24) is 10.6 Å². The molecule has 2 rings (SSSR count). The van der Waals surface area contributed by atoms with Gasteiger partial charge in [-0.3, -0.25) is 4.79 Å². The van der Waals surface area contributed by atoms with Gasteiger partial charge in [0.1, 0.15) is 0 Å². The van der Waals surface area contributed by atoms with E-state index in [9.17, 15) is 4.79 Å². The zero-order valence-corrected chi connectivity index (χ0v) is 11.6. The first-order valence-electron chi connectivity index (χ1n) is 6.53. The lowest BCUT2D eigenvalue weighted by molar-refractivity contribution is -0.122. The molecule has 1 atom stereocenters. The van der Waals surface area contributed by atoms with E-state index in [1.807, 2.05) is 12.1 Å². The van der Waals surface area contributed by atoms with Crippen LogP contribution in [0.1, 0.15) is 24.8 Å². The Morgan fingerprint density at radius 1 is 1.39 bits per heavy atom. The van der Waals surface area contributed by atoms with E-state index < -0.39 is 0 Å². The highest BCUT2D eigenvalue weighted by molar-refractivity contribution is 7.99. The van der Waals surface area contributed by atoms with Crippen LogP contribution in [0, 0.1) is 0 Å². The number of benzene rings is 1. The van der Waals surface area contributed by atoms with E-state index in [-0.39, 0.29) is 11.8 Å². The maximum atomic E-state index is 12.1. The number of carbonyl (C=O) groups excluding carboxylic acids is 1. The SMILES string of the molecule is CCNCCCNC(=O)C1CSc2ccccc21. The Kier molecular flexibility index (Phi) is 5.08. The third-order valence-corrected chi connectivity index (χ3v) is 4.28. The summed E-state index contributed by atoms with van der Waals surface area (Å²) in [7, 11) is 0. The van der Waals surface area contributed by atoms with E-state index in [0.717, 1.165) is 31.8 Å². The second-order valence-corrected chi connectivity index (χ2v) is 5.46. The van der Waals surface area contributed by atoms with Crippen molar-refractivity contribution >= 4 is 17.7 Å². The lowest BCUT2D eigenvalue weighted by Crippen LogP contribution is -2.31. The maximum Gasteiger partial charge on any atom is 0.228 e. The zero-order chi connectivity index (χ0) is 12.8. The lowest BCUT2D eigenvalue weighted by Gasteiger charge is -2.11. The minimum Gasteiger partial charge on any atom is -0.355 e. The Morgan fingerprint density at radius 3 is 3.06 bits per heavy atom. The fourth-order valence-corrected chi connectivity index (χ4v) is 3.33. The third kappa shape index (κ3) is 3.27. The highest BCUT2D eigenvalue weighted by Gasteiger charge is 2.28. The molecule has 1 aliphatic rings. The molecule has 0 aliphatic carbocycles. The summed E-state index contributed by atoms with van der Waals surface area (Å²) in [5, 5.41) is 6.28. The first kappa shape index (κ1) is 13.4. The molecular weight excluding hydrogens is 244 g/mol. The molecule has 1 aromatic carbocycles. The van der Waals surface area contributed by atoms with Gasteiger partial charge in [-0.1, -0.05) is 25.1 Å². The van der Waals surface area contributed by atoms with Gasteiger partial charge in [0, 0.05) is 17.2 Å². The number of nitrogens with one attached hydrogen (secondary N) is 2. The molecule has 0 spiro atoms. The second-order valence-electron chi connectivity index (χ2n) is 4.40. The van der Waals surface area contributed by atoms with Crippen LogP contribution in [0.5, 0.6) is 0 Å². The Balaban J connectivity index is 1.80. The van der Waals surface area contributed by atoms with Crippen LogP contribution >= 0.6 is 11.8 Å². The van der Waals surface area contributed by atoms with Crippen molar-refractivity contribution in [2.24, 2.45) is 0 Å². The van der Waals surface area contributed by atoms with Gasteiger partial charge in [-0.2, -0.15) is 0 Å². The molecule has 3 nitrogen and oxygen atoms in total. The van der Waals surface area contributed by atoms with Crippen molar-refractivity contribution in [3.8, 4) is 0 Å². The fraction of sp³-hybridized carbons (Fsp3) is 0.500. The van der Waals surface area contributed by atoms with E-state index >= 15 is 0 Å². The molecule has 0 bridgehead atoms. The van der Waals surface area contributed by atoms with Gasteiger partial charge in [0.05, 0.1) is 5.92 Å². The molecule has 1 heterocycles. The van der Waals surface area contributed by atoms with Crippen molar-refractivity contribution in [2.45, 2.75) is 24.2 Å². The van der Waals surface area contributed by atoms with E-state index in [1.54, 1.807) is 11.8 Å². The summed E-state index contributed by atoms with van der Waals surface area (Å²) < 4.78 is 0. The van der Waals surface area contributed by atoms with Gasteiger partial charge < -0.3 is 10.6 Å². The smallest absolute Gasteiger partial charge is 0.228 e. The molecule has 0 aromatic heterocycles. The topological polar surface area (TPSA) is 41.1 Å². The van der Waals surface area contributed by atoms with Gasteiger partial charge in [-0.05, 0) is 31.1 Å². The van der Waals surface area contributed by atoms with Gasteiger partial charge in [0.15, 0.2) is 0 Å². The molecule has 4 heteroatoms. The molecule has 18 heavy (non-hydrogen) atoms. The molecule has 0 saturated carbocycles. The molecular formula is C14H20N2OS. The largest absolute Gasteiger partial charge is 0.355 e. The number of hydrogen-bond donors (Lipinski definition) is 2. The van der Waals surface area contributed by atoms with Crippen molar-refractivity contribution < 1.29 is 4.79 Å². The number of amides is 1. The van der Waals surface area contributed by atoms with Gasteiger partial charge in [0.25, 0.3) is 0 Å². The lowest BCUT2D eigenvalue weighted by atomic mass is 10.0. The summed E-state index contributed by atoms with van der Waals surface area (Å²) in [5.41, 5.74) is 1.19. The van der Waals surface area contributed by atoms with Gasteiger partial charge in [0.2, 0.25) is 5.91 Å². The Labute approximate surface area is 113 Å².